The lowest BCUT2D eigenvalue weighted by molar-refractivity contribution is -0.120. The molecule has 3 rings (SSSR count). The lowest BCUT2D eigenvalue weighted by Gasteiger charge is -2.15. The molecule has 0 radical (unpaired) electrons. The number of hydrogen-bond acceptors (Lipinski definition) is 3. The molecule has 0 saturated carbocycles. The summed E-state index contributed by atoms with van der Waals surface area (Å²) in [6.07, 6.45) is 2.04. The van der Waals surface area contributed by atoms with Crippen LogP contribution in [0.15, 0.2) is 22.8 Å². The average Bonchev–Trinajstić information content (AvgIpc) is 3.14. The lowest BCUT2D eigenvalue weighted by Crippen LogP contribution is -2.31. The third kappa shape index (κ3) is 3.39. The minimum absolute atomic E-state index is 0.00120. The van der Waals surface area contributed by atoms with Crippen molar-refractivity contribution in [1.82, 2.24) is 15.1 Å². The van der Waals surface area contributed by atoms with E-state index in [1.54, 1.807) is 6.26 Å². The summed E-state index contributed by atoms with van der Waals surface area (Å²) in [4.78, 5) is 12.5. The predicted octanol–water partition coefficient (Wildman–Crippen LogP) is 4.09. The Hall–Kier alpha value is -2.56. The molecule has 1 atom stereocenters. The van der Waals surface area contributed by atoms with E-state index in [1.807, 2.05) is 24.6 Å². The fraction of sp³-hybridized carbons (Fsp3) is 0.429. The van der Waals surface area contributed by atoms with Gasteiger partial charge in [-0.25, -0.2) is 0 Å². The second kappa shape index (κ2) is 6.98. The van der Waals surface area contributed by atoms with Crippen molar-refractivity contribution in [3.05, 3.63) is 52.0 Å². The average molecular weight is 353 g/mol. The molecule has 2 aromatic heterocycles. The van der Waals surface area contributed by atoms with Crippen molar-refractivity contribution < 1.29 is 9.21 Å². The minimum Gasteiger partial charge on any atom is -0.464 e. The van der Waals surface area contributed by atoms with Crippen LogP contribution in [-0.4, -0.2) is 22.2 Å². The van der Waals surface area contributed by atoms with Gasteiger partial charge in [0.25, 0.3) is 0 Å². The van der Waals surface area contributed by atoms with Gasteiger partial charge in [-0.1, -0.05) is 6.07 Å². The summed E-state index contributed by atoms with van der Waals surface area (Å²) in [5.74, 6) is -0.00120. The Morgan fingerprint density at radius 3 is 2.58 bits per heavy atom. The molecule has 138 valence electrons. The van der Waals surface area contributed by atoms with Gasteiger partial charge < -0.3 is 9.73 Å². The van der Waals surface area contributed by atoms with Crippen LogP contribution >= 0.6 is 0 Å². The number of amides is 1. The zero-order valence-electron chi connectivity index (χ0n) is 16.4. The summed E-state index contributed by atoms with van der Waals surface area (Å²) < 4.78 is 7.72. The number of nitrogens with zero attached hydrogens (tertiary/aromatic N) is 2. The second-order valence-corrected chi connectivity index (χ2v) is 7.30. The van der Waals surface area contributed by atoms with Crippen LogP contribution in [0.2, 0.25) is 0 Å². The van der Waals surface area contributed by atoms with Gasteiger partial charge in [-0.3, -0.25) is 9.48 Å². The number of benzene rings is 1. The van der Waals surface area contributed by atoms with E-state index >= 15 is 0 Å². The Bertz CT molecular complexity index is 965. The highest BCUT2D eigenvalue weighted by atomic mass is 16.3. The van der Waals surface area contributed by atoms with Crippen LogP contribution in [0, 0.1) is 34.6 Å². The van der Waals surface area contributed by atoms with Crippen LogP contribution in [0.4, 0.5) is 0 Å². The maximum Gasteiger partial charge on any atom is 0.224 e. The lowest BCUT2D eigenvalue weighted by atomic mass is 9.99. The SMILES string of the molecule is Cc1cc(C)n(C(C)CNC(=O)Cc2coc3c(C)c(C)cc(C)c23)n1. The van der Waals surface area contributed by atoms with Gasteiger partial charge in [-0.15, -0.1) is 0 Å². The van der Waals surface area contributed by atoms with Gasteiger partial charge in [-0.2, -0.15) is 5.10 Å². The first-order valence-electron chi connectivity index (χ1n) is 9.04. The molecule has 1 aromatic carbocycles. The molecule has 1 amide bonds. The quantitative estimate of drug-likeness (QED) is 0.751. The molecule has 0 bridgehead atoms. The van der Waals surface area contributed by atoms with Gasteiger partial charge in [0.05, 0.1) is 24.4 Å². The monoisotopic (exact) mass is 353 g/mol. The number of fused-ring (bicyclic) bond motifs is 1. The van der Waals surface area contributed by atoms with Crippen molar-refractivity contribution in [2.45, 2.75) is 54.0 Å². The van der Waals surface area contributed by atoms with E-state index in [9.17, 15) is 4.79 Å². The highest BCUT2D eigenvalue weighted by Gasteiger charge is 2.16. The zero-order valence-corrected chi connectivity index (χ0v) is 16.4. The smallest absolute Gasteiger partial charge is 0.224 e. The summed E-state index contributed by atoms with van der Waals surface area (Å²) in [5.41, 5.74) is 7.42. The van der Waals surface area contributed by atoms with E-state index in [1.165, 1.54) is 5.56 Å². The first-order valence-corrected chi connectivity index (χ1v) is 9.04. The van der Waals surface area contributed by atoms with E-state index in [0.717, 1.165) is 39.0 Å². The Balaban J connectivity index is 1.70. The fourth-order valence-corrected chi connectivity index (χ4v) is 3.59. The molecule has 5 nitrogen and oxygen atoms in total. The normalized spacial score (nSPS) is 12.5. The second-order valence-electron chi connectivity index (χ2n) is 7.30. The molecule has 2 heterocycles. The summed E-state index contributed by atoms with van der Waals surface area (Å²) in [7, 11) is 0. The van der Waals surface area contributed by atoms with Crippen LogP contribution < -0.4 is 5.32 Å². The van der Waals surface area contributed by atoms with Crippen molar-refractivity contribution in [3.8, 4) is 0 Å². The topological polar surface area (TPSA) is 60.1 Å². The van der Waals surface area contributed by atoms with Gasteiger partial charge in [0.1, 0.15) is 5.58 Å². The molecule has 0 aliphatic rings. The van der Waals surface area contributed by atoms with Crippen LogP contribution in [-0.2, 0) is 11.2 Å². The molecule has 0 fully saturated rings. The zero-order chi connectivity index (χ0) is 19.0. The Kier molecular flexibility index (Phi) is 4.90. The molecular weight excluding hydrogens is 326 g/mol. The van der Waals surface area contributed by atoms with E-state index in [0.29, 0.717) is 13.0 Å². The highest BCUT2D eigenvalue weighted by molar-refractivity contribution is 5.91. The number of carbonyl (C=O) groups excluding carboxylic acids is 1. The van der Waals surface area contributed by atoms with E-state index in [2.05, 4.69) is 44.2 Å². The Morgan fingerprint density at radius 1 is 1.19 bits per heavy atom. The summed E-state index contributed by atoms with van der Waals surface area (Å²) in [5, 5.41) is 8.57. The Labute approximate surface area is 154 Å². The first-order chi connectivity index (χ1) is 12.3. The predicted molar refractivity (Wildman–Crippen MR) is 104 cm³/mol. The molecule has 0 saturated heterocycles. The number of furan rings is 1. The molecule has 0 aliphatic carbocycles. The van der Waals surface area contributed by atoms with E-state index in [4.69, 9.17) is 4.42 Å². The number of aryl methyl sites for hydroxylation is 5. The number of aromatic nitrogens is 2. The number of carbonyl (C=O) groups is 1. The summed E-state index contributed by atoms with van der Waals surface area (Å²) in [6, 6.07) is 4.31. The van der Waals surface area contributed by atoms with Gasteiger partial charge in [-0.05, 0) is 64.3 Å². The highest BCUT2D eigenvalue weighted by Crippen LogP contribution is 2.30. The van der Waals surface area contributed by atoms with Gasteiger partial charge in [0, 0.05) is 23.2 Å². The summed E-state index contributed by atoms with van der Waals surface area (Å²) in [6.45, 7) is 12.8. The number of hydrogen-bond donors (Lipinski definition) is 1. The van der Waals surface area contributed by atoms with E-state index < -0.39 is 0 Å². The maximum atomic E-state index is 12.5. The standard InChI is InChI=1S/C21H27N3O2/c1-12-7-13(2)20-18(11-26-21(20)17(12)6)9-19(25)22-10-16(5)24-15(4)8-14(3)23-24/h7-8,11,16H,9-10H2,1-6H3,(H,22,25). The molecule has 0 spiro atoms. The first kappa shape index (κ1) is 18.2. The molecule has 1 N–H and O–H groups in total. The molecule has 0 aliphatic heterocycles. The van der Waals surface area contributed by atoms with Crippen molar-refractivity contribution in [2.24, 2.45) is 0 Å². The third-order valence-corrected chi connectivity index (χ3v) is 5.03. The van der Waals surface area contributed by atoms with E-state index in [-0.39, 0.29) is 11.9 Å². The summed E-state index contributed by atoms with van der Waals surface area (Å²) >= 11 is 0. The minimum atomic E-state index is -0.00120. The number of rotatable bonds is 5. The van der Waals surface area contributed by atoms with Crippen LogP contribution in [0.5, 0.6) is 0 Å². The molecular formula is C21H27N3O2. The van der Waals surface area contributed by atoms with Crippen LogP contribution in [0.1, 0.15) is 46.6 Å². The van der Waals surface area contributed by atoms with Crippen molar-refractivity contribution in [1.29, 1.82) is 0 Å². The van der Waals surface area contributed by atoms with Crippen molar-refractivity contribution in [3.63, 3.8) is 0 Å². The molecule has 26 heavy (non-hydrogen) atoms. The third-order valence-electron chi connectivity index (χ3n) is 5.03. The van der Waals surface area contributed by atoms with Gasteiger partial charge in [0.15, 0.2) is 0 Å². The van der Waals surface area contributed by atoms with Crippen LogP contribution in [0.3, 0.4) is 0 Å². The van der Waals surface area contributed by atoms with Crippen molar-refractivity contribution >= 4 is 16.9 Å². The molecule has 1 unspecified atom stereocenters. The van der Waals surface area contributed by atoms with Gasteiger partial charge in [0.2, 0.25) is 5.91 Å². The Morgan fingerprint density at radius 2 is 1.92 bits per heavy atom. The van der Waals surface area contributed by atoms with Crippen LogP contribution in [0.25, 0.3) is 11.0 Å². The van der Waals surface area contributed by atoms with Gasteiger partial charge >= 0.3 is 0 Å². The molecule has 5 heteroatoms. The number of nitrogens with one attached hydrogen (secondary N) is 1. The molecule has 3 aromatic rings. The largest absolute Gasteiger partial charge is 0.464 e. The maximum absolute atomic E-state index is 12.5. The van der Waals surface area contributed by atoms with Crippen molar-refractivity contribution in [2.75, 3.05) is 6.54 Å². The fourth-order valence-electron chi connectivity index (χ4n) is 3.59.